The van der Waals surface area contributed by atoms with E-state index in [0.29, 0.717) is 12.2 Å². The lowest BCUT2D eigenvalue weighted by molar-refractivity contribution is -0.141. The van der Waals surface area contributed by atoms with Gasteiger partial charge < -0.3 is 4.74 Å². The summed E-state index contributed by atoms with van der Waals surface area (Å²) in [6, 6.07) is 9.51. The molecule has 0 fully saturated rings. The highest BCUT2D eigenvalue weighted by atomic mass is 19.4. The Morgan fingerprint density at radius 1 is 1.00 bits per heavy atom. The third-order valence-corrected chi connectivity index (χ3v) is 2.55. The van der Waals surface area contributed by atoms with Gasteiger partial charge in [0, 0.05) is 11.8 Å². The first-order valence-electron chi connectivity index (χ1n) is 5.77. The van der Waals surface area contributed by atoms with Crippen LogP contribution in [-0.2, 0) is 6.18 Å². The molecule has 0 aliphatic carbocycles. The van der Waals surface area contributed by atoms with Crippen molar-refractivity contribution >= 4 is 0 Å². The van der Waals surface area contributed by atoms with E-state index in [0.717, 1.165) is 17.4 Å². The molecule has 0 saturated heterocycles. The average molecular weight is 267 g/mol. The minimum atomic E-state index is -4.41. The molecule has 0 amide bonds. The number of ether oxygens (including phenoxy) is 1. The van der Waals surface area contributed by atoms with Crippen molar-refractivity contribution in [1.82, 2.24) is 4.98 Å². The molecule has 0 aliphatic rings. The van der Waals surface area contributed by atoms with Crippen LogP contribution in [0.4, 0.5) is 13.2 Å². The number of hydrogen-bond acceptors (Lipinski definition) is 2. The lowest BCUT2D eigenvalue weighted by Crippen LogP contribution is -2.07. The van der Waals surface area contributed by atoms with E-state index in [2.05, 4.69) is 4.98 Å². The van der Waals surface area contributed by atoms with Gasteiger partial charge in [0.15, 0.2) is 0 Å². The van der Waals surface area contributed by atoms with E-state index < -0.39 is 11.9 Å². The van der Waals surface area contributed by atoms with E-state index in [9.17, 15) is 13.2 Å². The van der Waals surface area contributed by atoms with Crippen LogP contribution in [0.2, 0.25) is 0 Å². The zero-order valence-electron chi connectivity index (χ0n) is 10.2. The van der Waals surface area contributed by atoms with Crippen molar-refractivity contribution in [1.29, 1.82) is 0 Å². The zero-order chi connectivity index (χ0) is 13.9. The third-order valence-electron chi connectivity index (χ3n) is 2.55. The Morgan fingerprint density at radius 2 is 1.63 bits per heavy atom. The van der Waals surface area contributed by atoms with Gasteiger partial charge in [-0.05, 0) is 30.7 Å². The fraction of sp³-hybridized carbons (Fsp3) is 0.214. The van der Waals surface area contributed by atoms with Crippen LogP contribution < -0.4 is 4.74 Å². The molecule has 0 saturated carbocycles. The van der Waals surface area contributed by atoms with E-state index in [1.165, 1.54) is 12.3 Å². The lowest BCUT2D eigenvalue weighted by atomic mass is 10.1. The number of nitrogens with zero attached hydrogens (tertiary/aromatic N) is 1. The minimum Gasteiger partial charge on any atom is -0.494 e. The second kappa shape index (κ2) is 5.30. The van der Waals surface area contributed by atoms with Gasteiger partial charge in [-0.2, -0.15) is 13.2 Å². The van der Waals surface area contributed by atoms with E-state index >= 15 is 0 Å². The number of hydrogen-bond donors (Lipinski definition) is 0. The highest BCUT2D eigenvalue weighted by molar-refractivity contribution is 5.63. The molecule has 1 aromatic carbocycles. The van der Waals surface area contributed by atoms with E-state index in [-0.39, 0.29) is 0 Å². The number of aromatic nitrogens is 1. The molecule has 1 aromatic heterocycles. The van der Waals surface area contributed by atoms with Crippen molar-refractivity contribution in [2.45, 2.75) is 13.1 Å². The van der Waals surface area contributed by atoms with Crippen molar-refractivity contribution in [3.8, 4) is 16.9 Å². The van der Waals surface area contributed by atoms with Crippen LogP contribution in [0.15, 0.2) is 42.6 Å². The van der Waals surface area contributed by atoms with Gasteiger partial charge in [0.25, 0.3) is 0 Å². The van der Waals surface area contributed by atoms with Gasteiger partial charge in [0.1, 0.15) is 11.4 Å². The number of alkyl halides is 3. The summed E-state index contributed by atoms with van der Waals surface area (Å²) in [5.41, 5.74) is 0.544. The molecule has 2 aromatic rings. The molecule has 0 spiro atoms. The summed E-state index contributed by atoms with van der Waals surface area (Å²) >= 11 is 0. The molecule has 0 unspecified atom stereocenters. The molecule has 2 nitrogen and oxygen atoms in total. The van der Waals surface area contributed by atoms with E-state index in [4.69, 9.17) is 4.74 Å². The summed E-state index contributed by atoms with van der Waals surface area (Å²) in [4.78, 5) is 3.43. The number of halogens is 3. The van der Waals surface area contributed by atoms with Gasteiger partial charge in [-0.3, -0.25) is 4.98 Å². The lowest BCUT2D eigenvalue weighted by Gasteiger charge is -2.07. The van der Waals surface area contributed by atoms with Crippen LogP contribution in [0.1, 0.15) is 12.6 Å². The Labute approximate surface area is 108 Å². The SMILES string of the molecule is CCOc1ccc(-c2ccc(C(F)(F)F)nc2)cc1. The van der Waals surface area contributed by atoms with Crippen molar-refractivity contribution < 1.29 is 17.9 Å². The van der Waals surface area contributed by atoms with E-state index in [1.807, 2.05) is 6.92 Å². The Hall–Kier alpha value is -2.04. The van der Waals surface area contributed by atoms with Gasteiger partial charge >= 0.3 is 6.18 Å². The third kappa shape index (κ3) is 3.24. The second-order valence-electron chi connectivity index (χ2n) is 3.89. The molecule has 0 bridgehead atoms. The van der Waals surface area contributed by atoms with Crippen LogP contribution >= 0.6 is 0 Å². The molecule has 0 radical (unpaired) electrons. The Kier molecular flexibility index (Phi) is 3.74. The van der Waals surface area contributed by atoms with Gasteiger partial charge in [-0.25, -0.2) is 0 Å². The monoisotopic (exact) mass is 267 g/mol. The topological polar surface area (TPSA) is 22.1 Å². The van der Waals surface area contributed by atoms with Crippen LogP contribution in [0.5, 0.6) is 5.75 Å². The Morgan fingerprint density at radius 3 is 2.11 bits per heavy atom. The van der Waals surface area contributed by atoms with Crippen molar-refractivity contribution in [3.05, 3.63) is 48.3 Å². The smallest absolute Gasteiger partial charge is 0.433 e. The maximum absolute atomic E-state index is 12.4. The molecule has 5 heteroatoms. The predicted molar refractivity (Wildman–Crippen MR) is 65.8 cm³/mol. The molecular weight excluding hydrogens is 255 g/mol. The van der Waals surface area contributed by atoms with Crippen LogP contribution in [0.25, 0.3) is 11.1 Å². The number of rotatable bonds is 3. The van der Waals surface area contributed by atoms with Gasteiger partial charge in [-0.1, -0.05) is 18.2 Å². The first kappa shape index (κ1) is 13.4. The first-order chi connectivity index (χ1) is 9.00. The normalized spacial score (nSPS) is 11.4. The summed E-state index contributed by atoms with van der Waals surface area (Å²) in [6.45, 7) is 2.45. The van der Waals surface area contributed by atoms with Crippen molar-refractivity contribution in [3.63, 3.8) is 0 Å². The standard InChI is InChI=1S/C14H12F3NO/c1-2-19-12-6-3-10(4-7-12)11-5-8-13(18-9-11)14(15,16)17/h3-9H,2H2,1H3. The molecule has 0 aliphatic heterocycles. The molecular formula is C14H12F3NO. The molecule has 2 rings (SSSR count). The van der Waals surface area contributed by atoms with Gasteiger partial charge in [0.05, 0.1) is 6.61 Å². The fourth-order valence-electron chi connectivity index (χ4n) is 1.64. The molecule has 1 heterocycles. The number of pyridine rings is 1. The summed E-state index contributed by atoms with van der Waals surface area (Å²) in [6.07, 6.45) is -3.18. The Balaban J connectivity index is 2.22. The van der Waals surface area contributed by atoms with Gasteiger partial charge in [-0.15, -0.1) is 0 Å². The summed E-state index contributed by atoms with van der Waals surface area (Å²) in [7, 11) is 0. The largest absolute Gasteiger partial charge is 0.494 e. The van der Waals surface area contributed by atoms with Crippen LogP contribution in [0, 0.1) is 0 Å². The van der Waals surface area contributed by atoms with Crippen molar-refractivity contribution in [2.75, 3.05) is 6.61 Å². The molecule has 0 atom stereocenters. The summed E-state index contributed by atoms with van der Waals surface area (Å²) in [5, 5.41) is 0. The fourth-order valence-corrected chi connectivity index (χ4v) is 1.64. The second-order valence-corrected chi connectivity index (χ2v) is 3.89. The maximum atomic E-state index is 12.4. The minimum absolute atomic E-state index is 0.571. The van der Waals surface area contributed by atoms with E-state index in [1.54, 1.807) is 24.3 Å². The van der Waals surface area contributed by atoms with Crippen LogP contribution in [0.3, 0.4) is 0 Å². The molecule has 0 N–H and O–H groups in total. The average Bonchev–Trinajstić information content (AvgIpc) is 2.39. The molecule has 100 valence electrons. The van der Waals surface area contributed by atoms with Crippen LogP contribution in [-0.4, -0.2) is 11.6 Å². The Bertz CT molecular complexity index is 532. The maximum Gasteiger partial charge on any atom is 0.433 e. The van der Waals surface area contributed by atoms with Crippen molar-refractivity contribution in [2.24, 2.45) is 0 Å². The number of benzene rings is 1. The molecule has 19 heavy (non-hydrogen) atoms. The highest BCUT2D eigenvalue weighted by Crippen LogP contribution is 2.29. The first-order valence-corrected chi connectivity index (χ1v) is 5.77. The summed E-state index contributed by atoms with van der Waals surface area (Å²) < 4.78 is 42.4. The summed E-state index contributed by atoms with van der Waals surface area (Å²) in [5.74, 6) is 0.728. The zero-order valence-corrected chi connectivity index (χ0v) is 10.2. The van der Waals surface area contributed by atoms with Gasteiger partial charge in [0.2, 0.25) is 0 Å². The predicted octanol–water partition coefficient (Wildman–Crippen LogP) is 4.17. The highest BCUT2D eigenvalue weighted by Gasteiger charge is 2.31. The quantitative estimate of drug-likeness (QED) is 0.832.